The minimum absolute atomic E-state index is 0.243. The van der Waals surface area contributed by atoms with Crippen molar-refractivity contribution in [2.45, 2.75) is 32.4 Å². The van der Waals surface area contributed by atoms with Gasteiger partial charge >= 0.3 is 0 Å². The fourth-order valence-corrected chi connectivity index (χ4v) is 3.03. The summed E-state index contributed by atoms with van der Waals surface area (Å²) in [7, 11) is 0. The first kappa shape index (κ1) is 14.2. The van der Waals surface area contributed by atoms with E-state index in [0.29, 0.717) is 12.0 Å². The Morgan fingerprint density at radius 3 is 2.48 bits per heavy atom. The lowest BCUT2D eigenvalue weighted by molar-refractivity contribution is 0.215. The normalized spacial score (nSPS) is 18.3. The first-order chi connectivity index (χ1) is 10.2. The van der Waals surface area contributed by atoms with Gasteiger partial charge < -0.3 is 10.1 Å². The highest BCUT2D eigenvalue weighted by molar-refractivity contribution is 5.37. The van der Waals surface area contributed by atoms with E-state index in [9.17, 15) is 0 Å². The van der Waals surface area contributed by atoms with Crippen molar-refractivity contribution in [1.29, 1.82) is 0 Å². The van der Waals surface area contributed by atoms with Crippen LogP contribution in [0.25, 0.3) is 0 Å². The number of hydrogen-bond donors (Lipinski definition) is 1. The van der Waals surface area contributed by atoms with Crippen LogP contribution in [-0.2, 0) is 6.42 Å². The second-order valence-electron chi connectivity index (χ2n) is 6.09. The zero-order valence-corrected chi connectivity index (χ0v) is 12.8. The summed E-state index contributed by atoms with van der Waals surface area (Å²) in [6, 6.07) is 19.4. The molecule has 0 saturated carbocycles. The van der Waals surface area contributed by atoms with Crippen molar-refractivity contribution < 1.29 is 4.74 Å². The largest absolute Gasteiger partial charge is 0.488 e. The SMILES string of the molecule is CC(C)C(NCC1Cc2ccccc2O1)c1ccccc1. The van der Waals surface area contributed by atoms with Crippen molar-refractivity contribution in [1.82, 2.24) is 5.32 Å². The molecule has 110 valence electrons. The van der Waals surface area contributed by atoms with E-state index in [1.54, 1.807) is 0 Å². The molecule has 0 amide bonds. The van der Waals surface area contributed by atoms with Crippen molar-refractivity contribution >= 4 is 0 Å². The Morgan fingerprint density at radius 2 is 1.76 bits per heavy atom. The monoisotopic (exact) mass is 281 g/mol. The van der Waals surface area contributed by atoms with Gasteiger partial charge in [-0.25, -0.2) is 0 Å². The molecule has 2 atom stereocenters. The van der Waals surface area contributed by atoms with Gasteiger partial charge in [-0.3, -0.25) is 0 Å². The Kier molecular flexibility index (Phi) is 4.26. The van der Waals surface area contributed by atoms with Crippen molar-refractivity contribution in [2.24, 2.45) is 5.92 Å². The van der Waals surface area contributed by atoms with E-state index in [4.69, 9.17) is 4.74 Å². The summed E-state index contributed by atoms with van der Waals surface area (Å²) in [6.45, 7) is 5.40. The number of rotatable bonds is 5. The van der Waals surface area contributed by atoms with E-state index >= 15 is 0 Å². The van der Waals surface area contributed by atoms with Crippen molar-refractivity contribution in [3.63, 3.8) is 0 Å². The van der Waals surface area contributed by atoms with Gasteiger partial charge in [0.05, 0.1) is 0 Å². The standard InChI is InChI=1S/C19H23NO/c1-14(2)19(15-8-4-3-5-9-15)20-13-17-12-16-10-6-7-11-18(16)21-17/h3-11,14,17,19-20H,12-13H2,1-2H3. The van der Waals surface area contributed by atoms with Crippen LogP contribution in [0.4, 0.5) is 0 Å². The van der Waals surface area contributed by atoms with Gasteiger partial charge in [-0.2, -0.15) is 0 Å². The number of nitrogens with one attached hydrogen (secondary N) is 1. The number of benzene rings is 2. The van der Waals surface area contributed by atoms with Gasteiger partial charge in [0.2, 0.25) is 0 Å². The Balaban J connectivity index is 1.62. The summed E-state index contributed by atoms with van der Waals surface area (Å²) < 4.78 is 6.01. The Bertz CT molecular complexity index is 554. The molecule has 0 spiro atoms. The number of para-hydroxylation sites is 1. The van der Waals surface area contributed by atoms with Gasteiger partial charge in [-0.1, -0.05) is 62.4 Å². The third kappa shape index (κ3) is 3.27. The average Bonchev–Trinajstić information content (AvgIpc) is 2.91. The lowest BCUT2D eigenvalue weighted by Gasteiger charge is -2.24. The second-order valence-corrected chi connectivity index (χ2v) is 6.09. The lowest BCUT2D eigenvalue weighted by Crippen LogP contribution is -2.35. The first-order valence-corrected chi connectivity index (χ1v) is 7.77. The van der Waals surface area contributed by atoms with Gasteiger partial charge in [0.25, 0.3) is 0 Å². The molecule has 3 rings (SSSR count). The van der Waals surface area contributed by atoms with Crippen molar-refractivity contribution in [3.05, 3.63) is 65.7 Å². The topological polar surface area (TPSA) is 21.3 Å². The minimum atomic E-state index is 0.243. The number of ether oxygens (including phenoxy) is 1. The third-order valence-corrected chi connectivity index (χ3v) is 4.10. The molecule has 2 nitrogen and oxygen atoms in total. The molecule has 1 aliphatic rings. The third-order valence-electron chi connectivity index (χ3n) is 4.10. The minimum Gasteiger partial charge on any atom is -0.488 e. The maximum absolute atomic E-state index is 6.01. The van der Waals surface area contributed by atoms with Crippen LogP contribution in [0.3, 0.4) is 0 Å². The molecule has 2 heteroatoms. The van der Waals surface area contributed by atoms with Crippen LogP contribution in [0, 0.1) is 5.92 Å². The zero-order chi connectivity index (χ0) is 14.7. The quantitative estimate of drug-likeness (QED) is 0.895. The molecule has 1 heterocycles. The average molecular weight is 281 g/mol. The van der Waals surface area contributed by atoms with Gasteiger partial charge in [0, 0.05) is 19.0 Å². The molecule has 0 aromatic heterocycles. The molecular weight excluding hydrogens is 258 g/mol. The van der Waals surface area contributed by atoms with Gasteiger partial charge in [0.1, 0.15) is 11.9 Å². The summed E-state index contributed by atoms with van der Waals surface area (Å²) in [5.41, 5.74) is 2.67. The van der Waals surface area contributed by atoms with Crippen molar-refractivity contribution in [3.8, 4) is 5.75 Å². The Hall–Kier alpha value is -1.80. The van der Waals surface area contributed by atoms with E-state index in [-0.39, 0.29) is 6.10 Å². The predicted molar refractivity (Wildman–Crippen MR) is 86.6 cm³/mol. The maximum atomic E-state index is 6.01. The molecule has 1 N–H and O–H groups in total. The molecule has 1 aliphatic heterocycles. The van der Waals surface area contributed by atoms with E-state index in [1.807, 2.05) is 6.07 Å². The van der Waals surface area contributed by atoms with Crippen LogP contribution in [-0.4, -0.2) is 12.6 Å². The molecule has 0 saturated heterocycles. The molecule has 2 aromatic rings. The van der Waals surface area contributed by atoms with E-state index in [2.05, 4.69) is 67.7 Å². The van der Waals surface area contributed by atoms with Gasteiger partial charge in [-0.05, 0) is 23.1 Å². The molecule has 0 fully saturated rings. The summed E-state index contributed by atoms with van der Waals surface area (Å²) in [4.78, 5) is 0. The molecule has 0 aliphatic carbocycles. The highest BCUT2D eigenvalue weighted by Crippen LogP contribution is 2.28. The maximum Gasteiger partial charge on any atom is 0.123 e. The van der Waals surface area contributed by atoms with Crippen LogP contribution in [0.15, 0.2) is 54.6 Å². The summed E-state index contributed by atoms with van der Waals surface area (Å²) in [5, 5.41) is 3.69. The summed E-state index contributed by atoms with van der Waals surface area (Å²) in [6.07, 6.45) is 1.25. The lowest BCUT2D eigenvalue weighted by atomic mass is 9.96. The van der Waals surface area contributed by atoms with Gasteiger partial charge in [0.15, 0.2) is 0 Å². The molecule has 21 heavy (non-hydrogen) atoms. The van der Waals surface area contributed by atoms with Crippen LogP contribution >= 0.6 is 0 Å². The van der Waals surface area contributed by atoms with Crippen molar-refractivity contribution in [2.75, 3.05) is 6.54 Å². The van der Waals surface area contributed by atoms with E-state index < -0.39 is 0 Å². The molecule has 0 radical (unpaired) electrons. The zero-order valence-electron chi connectivity index (χ0n) is 12.8. The highest BCUT2D eigenvalue weighted by Gasteiger charge is 2.24. The van der Waals surface area contributed by atoms with Crippen LogP contribution in [0.1, 0.15) is 31.0 Å². The van der Waals surface area contributed by atoms with E-state index in [0.717, 1.165) is 18.7 Å². The fraction of sp³-hybridized carbons (Fsp3) is 0.368. The Morgan fingerprint density at radius 1 is 1.05 bits per heavy atom. The predicted octanol–water partition coefficient (Wildman–Crippen LogP) is 3.98. The molecular formula is C19H23NO. The highest BCUT2D eigenvalue weighted by atomic mass is 16.5. The molecule has 0 bridgehead atoms. The van der Waals surface area contributed by atoms with Crippen LogP contribution in [0.2, 0.25) is 0 Å². The molecule has 2 aromatic carbocycles. The summed E-state index contributed by atoms with van der Waals surface area (Å²) >= 11 is 0. The first-order valence-electron chi connectivity index (χ1n) is 7.77. The van der Waals surface area contributed by atoms with Crippen LogP contribution in [0.5, 0.6) is 5.75 Å². The number of hydrogen-bond acceptors (Lipinski definition) is 2. The number of fused-ring (bicyclic) bond motifs is 1. The van der Waals surface area contributed by atoms with Gasteiger partial charge in [-0.15, -0.1) is 0 Å². The summed E-state index contributed by atoms with van der Waals surface area (Å²) in [5.74, 6) is 1.60. The van der Waals surface area contributed by atoms with Crippen LogP contribution < -0.4 is 10.1 Å². The molecule has 2 unspecified atom stereocenters. The second kappa shape index (κ2) is 6.31. The van der Waals surface area contributed by atoms with E-state index in [1.165, 1.54) is 11.1 Å². The fourth-order valence-electron chi connectivity index (χ4n) is 3.03. The smallest absolute Gasteiger partial charge is 0.123 e. The Labute approximate surface area is 127 Å².